The summed E-state index contributed by atoms with van der Waals surface area (Å²) in [5.74, 6) is 0. The average molecular weight is 232 g/mol. The summed E-state index contributed by atoms with van der Waals surface area (Å²) in [7, 11) is 0. The minimum atomic E-state index is 0.205. The maximum absolute atomic E-state index is 6.17. The lowest BCUT2D eigenvalue weighted by Crippen LogP contribution is -2.38. The molecule has 1 heterocycles. The van der Waals surface area contributed by atoms with Crippen LogP contribution in [-0.2, 0) is 6.42 Å². The van der Waals surface area contributed by atoms with Gasteiger partial charge in [0.25, 0.3) is 0 Å². The van der Waals surface area contributed by atoms with Gasteiger partial charge in [-0.25, -0.2) is 0 Å². The Hall–Kier alpha value is -0.0500. The van der Waals surface area contributed by atoms with Gasteiger partial charge in [-0.05, 0) is 30.4 Å². The van der Waals surface area contributed by atoms with Gasteiger partial charge in [0, 0.05) is 10.9 Å². The van der Waals surface area contributed by atoms with Crippen molar-refractivity contribution < 1.29 is 0 Å². The van der Waals surface area contributed by atoms with E-state index >= 15 is 0 Å². The summed E-state index contributed by atoms with van der Waals surface area (Å²) in [6.07, 6.45) is 2.03. The molecule has 1 atom stereocenters. The molecule has 1 nitrogen and oxygen atoms in total. The summed E-state index contributed by atoms with van der Waals surface area (Å²) in [5, 5.41) is 0. The fourth-order valence-electron chi connectivity index (χ4n) is 1.22. The molecule has 14 heavy (non-hydrogen) atoms. The molecular weight excluding hydrogens is 214 g/mol. The number of halogens is 1. The quantitative estimate of drug-likeness (QED) is 0.840. The second kappa shape index (κ2) is 4.65. The Morgan fingerprint density at radius 1 is 1.50 bits per heavy atom. The lowest BCUT2D eigenvalue weighted by molar-refractivity contribution is 0.273. The first kappa shape index (κ1) is 12.0. The zero-order chi connectivity index (χ0) is 10.8. The van der Waals surface area contributed by atoms with Crippen LogP contribution in [0.15, 0.2) is 12.1 Å². The fraction of sp³-hybridized carbons (Fsp3) is 0.636. The normalized spacial score (nSPS) is 14.4. The van der Waals surface area contributed by atoms with Crippen molar-refractivity contribution >= 4 is 22.9 Å². The molecule has 0 fully saturated rings. The van der Waals surface area contributed by atoms with Crippen molar-refractivity contribution in [2.75, 3.05) is 0 Å². The van der Waals surface area contributed by atoms with Gasteiger partial charge in [0.05, 0.1) is 4.34 Å². The topological polar surface area (TPSA) is 26.0 Å². The molecule has 0 bridgehead atoms. The molecule has 0 saturated heterocycles. The highest BCUT2D eigenvalue weighted by Crippen LogP contribution is 2.29. The molecular formula is C11H18ClNS. The van der Waals surface area contributed by atoms with Gasteiger partial charge in [0.1, 0.15) is 0 Å². The minimum absolute atomic E-state index is 0.205. The molecule has 0 aliphatic rings. The smallest absolute Gasteiger partial charge is 0.0931 e. The van der Waals surface area contributed by atoms with Gasteiger partial charge in [-0.15, -0.1) is 11.3 Å². The first-order valence-electron chi connectivity index (χ1n) is 4.95. The molecule has 1 rings (SSSR count). The highest BCUT2D eigenvalue weighted by molar-refractivity contribution is 7.16. The van der Waals surface area contributed by atoms with Crippen molar-refractivity contribution in [1.29, 1.82) is 0 Å². The van der Waals surface area contributed by atoms with Gasteiger partial charge in [-0.3, -0.25) is 0 Å². The Morgan fingerprint density at radius 3 is 2.57 bits per heavy atom. The first-order valence-corrected chi connectivity index (χ1v) is 6.15. The number of thiophene rings is 1. The molecule has 0 radical (unpaired) electrons. The molecule has 0 aliphatic carbocycles. The van der Waals surface area contributed by atoms with Gasteiger partial charge in [-0.1, -0.05) is 32.4 Å². The van der Waals surface area contributed by atoms with E-state index in [1.807, 2.05) is 6.07 Å². The molecule has 0 amide bonds. The first-order chi connectivity index (χ1) is 6.45. The van der Waals surface area contributed by atoms with Crippen molar-refractivity contribution in [1.82, 2.24) is 0 Å². The largest absolute Gasteiger partial charge is 0.327 e. The summed E-state index contributed by atoms with van der Waals surface area (Å²) in [5.41, 5.74) is 6.37. The fourth-order valence-corrected chi connectivity index (χ4v) is 2.36. The lowest BCUT2D eigenvalue weighted by Gasteiger charge is -2.30. The third-order valence-corrected chi connectivity index (χ3v) is 4.22. The standard InChI is InChI=1S/C11H18ClNS/c1-4-11(2,3)9(13)7-8-5-6-10(12)14-8/h5-6,9H,4,7,13H2,1-3H3. The van der Waals surface area contributed by atoms with E-state index in [1.165, 1.54) is 4.88 Å². The summed E-state index contributed by atoms with van der Waals surface area (Å²) in [6, 6.07) is 4.22. The van der Waals surface area contributed by atoms with E-state index in [2.05, 4.69) is 26.8 Å². The average Bonchev–Trinajstić information content (AvgIpc) is 2.51. The van der Waals surface area contributed by atoms with Crippen molar-refractivity contribution in [2.45, 2.75) is 39.7 Å². The second-order valence-electron chi connectivity index (χ2n) is 4.36. The van der Waals surface area contributed by atoms with Crippen LogP contribution < -0.4 is 5.73 Å². The van der Waals surface area contributed by atoms with Crippen LogP contribution in [0.2, 0.25) is 4.34 Å². The molecule has 1 unspecified atom stereocenters. The second-order valence-corrected chi connectivity index (χ2v) is 6.16. The third kappa shape index (κ3) is 2.97. The maximum atomic E-state index is 6.17. The van der Waals surface area contributed by atoms with Crippen LogP contribution in [-0.4, -0.2) is 6.04 Å². The number of hydrogen-bond donors (Lipinski definition) is 1. The Kier molecular flexibility index (Phi) is 3.99. The zero-order valence-corrected chi connectivity index (χ0v) is 10.6. The molecule has 0 aromatic carbocycles. The van der Waals surface area contributed by atoms with Crippen LogP contribution in [0.25, 0.3) is 0 Å². The van der Waals surface area contributed by atoms with E-state index < -0.39 is 0 Å². The Bertz CT molecular complexity index is 293. The molecule has 0 aliphatic heterocycles. The molecule has 1 aromatic rings. The van der Waals surface area contributed by atoms with E-state index in [1.54, 1.807) is 11.3 Å². The predicted molar refractivity (Wildman–Crippen MR) is 65.1 cm³/mol. The summed E-state index contributed by atoms with van der Waals surface area (Å²) >= 11 is 7.50. The molecule has 80 valence electrons. The van der Waals surface area contributed by atoms with Crippen molar-refractivity contribution in [2.24, 2.45) is 11.1 Å². The third-order valence-electron chi connectivity index (χ3n) is 2.96. The van der Waals surface area contributed by atoms with E-state index in [9.17, 15) is 0 Å². The van der Waals surface area contributed by atoms with Gasteiger partial charge in [-0.2, -0.15) is 0 Å². The zero-order valence-electron chi connectivity index (χ0n) is 9.01. The molecule has 2 N–H and O–H groups in total. The monoisotopic (exact) mass is 231 g/mol. The van der Waals surface area contributed by atoms with Crippen molar-refractivity contribution in [3.63, 3.8) is 0 Å². The molecule has 1 aromatic heterocycles. The highest BCUT2D eigenvalue weighted by Gasteiger charge is 2.24. The van der Waals surface area contributed by atoms with Crippen LogP contribution in [0.1, 0.15) is 32.1 Å². The van der Waals surface area contributed by atoms with Crippen LogP contribution in [0.4, 0.5) is 0 Å². The summed E-state index contributed by atoms with van der Waals surface area (Å²) < 4.78 is 0.849. The van der Waals surface area contributed by atoms with E-state index in [0.717, 1.165) is 17.2 Å². The minimum Gasteiger partial charge on any atom is -0.327 e. The van der Waals surface area contributed by atoms with E-state index in [4.69, 9.17) is 17.3 Å². The molecule has 0 spiro atoms. The summed E-state index contributed by atoms with van der Waals surface area (Å²) in [6.45, 7) is 6.61. The Balaban J connectivity index is 2.61. The highest BCUT2D eigenvalue weighted by atomic mass is 35.5. The lowest BCUT2D eigenvalue weighted by atomic mass is 9.80. The van der Waals surface area contributed by atoms with Crippen LogP contribution in [0.5, 0.6) is 0 Å². The van der Waals surface area contributed by atoms with E-state index in [0.29, 0.717) is 0 Å². The van der Waals surface area contributed by atoms with Gasteiger partial charge >= 0.3 is 0 Å². The SMILES string of the molecule is CCC(C)(C)C(N)Cc1ccc(Cl)s1. The Labute approximate surface area is 95.3 Å². The predicted octanol–water partition coefficient (Wildman–Crippen LogP) is 3.71. The molecule has 3 heteroatoms. The van der Waals surface area contributed by atoms with Gasteiger partial charge < -0.3 is 5.73 Å². The van der Waals surface area contributed by atoms with Gasteiger partial charge in [0.15, 0.2) is 0 Å². The van der Waals surface area contributed by atoms with Crippen molar-refractivity contribution in [3.8, 4) is 0 Å². The summed E-state index contributed by atoms with van der Waals surface area (Å²) in [4.78, 5) is 1.28. The number of hydrogen-bond acceptors (Lipinski definition) is 2. The number of nitrogens with two attached hydrogens (primary N) is 1. The number of rotatable bonds is 4. The Morgan fingerprint density at radius 2 is 2.14 bits per heavy atom. The van der Waals surface area contributed by atoms with Gasteiger partial charge in [0.2, 0.25) is 0 Å². The van der Waals surface area contributed by atoms with E-state index in [-0.39, 0.29) is 11.5 Å². The van der Waals surface area contributed by atoms with Crippen molar-refractivity contribution in [3.05, 3.63) is 21.3 Å². The maximum Gasteiger partial charge on any atom is 0.0931 e. The van der Waals surface area contributed by atoms with Crippen LogP contribution in [0.3, 0.4) is 0 Å². The van der Waals surface area contributed by atoms with Crippen LogP contribution in [0, 0.1) is 5.41 Å². The van der Waals surface area contributed by atoms with Crippen LogP contribution >= 0.6 is 22.9 Å². The molecule has 0 saturated carbocycles.